The van der Waals surface area contributed by atoms with Crippen molar-refractivity contribution in [1.82, 2.24) is 4.90 Å². The molecule has 1 aliphatic heterocycles. The number of ether oxygens (including phenoxy) is 1. The molecular formula is C12H17NO2S. The van der Waals surface area contributed by atoms with Crippen LogP contribution in [0, 0.1) is 6.92 Å². The maximum atomic E-state index is 12.0. The minimum absolute atomic E-state index is 0.236. The SMILES string of the molecule is Cc1ccc(C(=O)CN2CCCOCC2)s1. The quantitative estimate of drug-likeness (QED) is 0.755. The molecule has 1 aromatic rings. The van der Waals surface area contributed by atoms with Gasteiger partial charge in [-0.05, 0) is 25.5 Å². The van der Waals surface area contributed by atoms with E-state index in [-0.39, 0.29) is 5.78 Å². The zero-order valence-corrected chi connectivity index (χ0v) is 10.4. The first-order chi connectivity index (χ1) is 7.75. The Hall–Kier alpha value is -0.710. The number of hydrogen-bond acceptors (Lipinski definition) is 4. The number of rotatable bonds is 3. The Morgan fingerprint density at radius 1 is 1.44 bits per heavy atom. The van der Waals surface area contributed by atoms with Crippen molar-refractivity contribution < 1.29 is 9.53 Å². The Labute approximate surface area is 100 Å². The van der Waals surface area contributed by atoms with Crippen LogP contribution in [0.2, 0.25) is 0 Å². The largest absolute Gasteiger partial charge is 0.380 e. The molecule has 0 unspecified atom stereocenters. The lowest BCUT2D eigenvalue weighted by Crippen LogP contribution is -2.31. The van der Waals surface area contributed by atoms with Gasteiger partial charge in [-0.1, -0.05) is 0 Å². The second-order valence-corrected chi connectivity index (χ2v) is 5.36. The number of carbonyl (C=O) groups excluding carboxylic acids is 1. The standard InChI is InChI=1S/C12H17NO2S/c1-10-3-4-12(16-10)11(14)9-13-5-2-7-15-8-6-13/h3-4H,2,5-9H2,1H3. The van der Waals surface area contributed by atoms with Gasteiger partial charge in [0, 0.05) is 24.6 Å². The minimum Gasteiger partial charge on any atom is -0.380 e. The number of thiophene rings is 1. The van der Waals surface area contributed by atoms with Crippen molar-refractivity contribution >= 4 is 17.1 Å². The normalized spacial score (nSPS) is 18.3. The van der Waals surface area contributed by atoms with E-state index in [1.54, 1.807) is 11.3 Å². The Bertz CT molecular complexity index is 354. The molecule has 2 heterocycles. The van der Waals surface area contributed by atoms with E-state index in [1.807, 2.05) is 19.1 Å². The molecule has 1 saturated heterocycles. The van der Waals surface area contributed by atoms with E-state index in [9.17, 15) is 4.79 Å². The van der Waals surface area contributed by atoms with E-state index in [4.69, 9.17) is 4.74 Å². The van der Waals surface area contributed by atoms with Crippen LogP contribution in [0.4, 0.5) is 0 Å². The predicted molar refractivity (Wildman–Crippen MR) is 65.3 cm³/mol. The van der Waals surface area contributed by atoms with Crippen molar-refractivity contribution in [2.24, 2.45) is 0 Å². The molecule has 1 fully saturated rings. The highest BCUT2D eigenvalue weighted by Gasteiger charge is 2.15. The van der Waals surface area contributed by atoms with Crippen LogP contribution in [-0.2, 0) is 4.74 Å². The highest BCUT2D eigenvalue weighted by Crippen LogP contribution is 2.16. The van der Waals surface area contributed by atoms with E-state index < -0.39 is 0 Å². The lowest BCUT2D eigenvalue weighted by Gasteiger charge is -2.17. The van der Waals surface area contributed by atoms with Crippen molar-refractivity contribution in [2.75, 3.05) is 32.8 Å². The summed E-state index contributed by atoms with van der Waals surface area (Å²) in [6.07, 6.45) is 1.02. The number of carbonyl (C=O) groups is 1. The number of hydrogen-bond donors (Lipinski definition) is 0. The summed E-state index contributed by atoms with van der Waals surface area (Å²) < 4.78 is 5.37. The van der Waals surface area contributed by atoms with Crippen molar-refractivity contribution in [3.05, 3.63) is 21.9 Å². The number of Topliss-reactive ketones (excluding diaryl/α,β-unsaturated/α-hetero) is 1. The Kier molecular flexibility index (Phi) is 4.09. The Morgan fingerprint density at radius 3 is 3.06 bits per heavy atom. The minimum atomic E-state index is 0.236. The van der Waals surface area contributed by atoms with E-state index in [0.717, 1.165) is 37.6 Å². The predicted octanol–water partition coefficient (Wildman–Crippen LogP) is 1.96. The Balaban J connectivity index is 1.90. The number of aryl methyl sites for hydroxylation is 1. The van der Waals surface area contributed by atoms with Gasteiger partial charge in [0.2, 0.25) is 0 Å². The molecule has 0 N–H and O–H groups in total. The summed E-state index contributed by atoms with van der Waals surface area (Å²) in [6, 6.07) is 3.93. The van der Waals surface area contributed by atoms with Gasteiger partial charge in [0.1, 0.15) is 0 Å². The van der Waals surface area contributed by atoms with Gasteiger partial charge in [-0.3, -0.25) is 9.69 Å². The number of nitrogens with zero attached hydrogens (tertiary/aromatic N) is 1. The molecule has 0 amide bonds. The van der Waals surface area contributed by atoms with Gasteiger partial charge in [-0.2, -0.15) is 0 Å². The lowest BCUT2D eigenvalue weighted by molar-refractivity contribution is 0.0926. The maximum Gasteiger partial charge on any atom is 0.186 e. The van der Waals surface area contributed by atoms with Crippen LogP contribution in [0.25, 0.3) is 0 Å². The summed E-state index contributed by atoms with van der Waals surface area (Å²) in [4.78, 5) is 16.2. The zero-order valence-electron chi connectivity index (χ0n) is 9.57. The summed E-state index contributed by atoms with van der Waals surface area (Å²) in [7, 11) is 0. The van der Waals surface area contributed by atoms with Crippen LogP contribution in [0.3, 0.4) is 0 Å². The second kappa shape index (κ2) is 5.57. The van der Waals surface area contributed by atoms with Crippen molar-refractivity contribution in [3.63, 3.8) is 0 Å². The highest BCUT2D eigenvalue weighted by atomic mass is 32.1. The first-order valence-corrected chi connectivity index (χ1v) is 6.47. The maximum absolute atomic E-state index is 12.0. The first kappa shape index (κ1) is 11.8. The van der Waals surface area contributed by atoms with Crippen LogP contribution in [0.5, 0.6) is 0 Å². The molecule has 0 aliphatic carbocycles. The van der Waals surface area contributed by atoms with Crippen molar-refractivity contribution in [2.45, 2.75) is 13.3 Å². The van der Waals surface area contributed by atoms with Crippen LogP contribution < -0.4 is 0 Å². The molecular weight excluding hydrogens is 222 g/mol. The molecule has 0 radical (unpaired) electrons. The average molecular weight is 239 g/mol. The number of ketones is 1. The first-order valence-electron chi connectivity index (χ1n) is 5.65. The van der Waals surface area contributed by atoms with Gasteiger partial charge in [0.25, 0.3) is 0 Å². The third-order valence-corrected chi connectivity index (χ3v) is 3.74. The highest BCUT2D eigenvalue weighted by molar-refractivity contribution is 7.14. The van der Waals surface area contributed by atoms with Gasteiger partial charge in [-0.25, -0.2) is 0 Å². The van der Waals surface area contributed by atoms with Gasteiger partial charge in [0.15, 0.2) is 5.78 Å². The fourth-order valence-corrected chi connectivity index (χ4v) is 2.62. The summed E-state index contributed by atoms with van der Waals surface area (Å²) >= 11 is 1.58. The molecule has 88 valence electrons. The molecule has 16 heavy (non-hydrogen) atoms. The smallest absolute Gasteiger partial charge is 0.186 e. The third-order valence-electron chi connectivity index (χ3n) is 2.70. The molecule has 0 bridgehead atoms. The van der Waals surface area contributed by atoms with Crippen LogP contribution in [0.15, 0.2) is 12.1 Å². The summed E-state index contributed by atoms with van der Waals surface area (Å²) in [5.74, 6) is 0.236. The summed E-state index contributed by atoms with van der Waals surface area (Å²) in [5.41, 5.74) is 0. The third kappa shape index (κ3) is 3.14. The van der Waals surface area contributed by atoms with Gasteiger partial charge < -0.3 is 4.74 Å². The molecule has 3 nitrogen and oxygen atoms in total. The van der Waals surface area contributed by atoms with E-state index in [0.29, 0.717) is 6.54 Å². The Morgan fingerprint density at radius 2 is 2.31 bits per heavy atom. The lowest BCUT2D eigenvalue weighted by atomic mass is 10.3. The zero-order chi connectivity index (χ0) is 11.4. The molecule has 2 rings (SSSR count). The second-order valence-electron chi connectivity index (χ2n) is 4.08. The van der Waals surface area contributed by atoms with Gasteiger partial charge in [0.05, 0.1) is 18.0 Å². The molecule has 0 saturated carbocycles. The summed E-state index contributed by atoms with van der Waals surface area (Å²) in [5, 5.41) is 0. The van der Waals surface area contributed by atoms with Gasteiger partial charge >= 0.3 is 0 Å². The monoisotopic (exact) mass is 239 g/mol. The van der Waals surface area contributed by atoms with E-state index in [2.05, 4.69) is 4.90 Å². The fourth-order valence-electron chi connectivity index (χ4n) is 1.82. The van der Waals surface area contributed by atoms with Crippen molar-refractivity contribution in [1.29, 1.82) is 0 Å². The molecule has 0 aromatic carbocycles. The fraction of sp³-hybridized carbons (Fsp3) is 0.583. The topological polar surface area (TPSA) is 29.5 Å². The molecule has 4 heteroatoms. The molecule has 0 spiro atoms. The molecule has 1 aromatic heterocycles. The van der Waals surface area contributed by atoms with E-state index in [1.165, 1.54) is 4.88 Å². The van der Waals surface area contributed by atoms with E-state index >= 15 is 0 Å². The van der Waals surface area contributed by atoms with Crippen molar-refractivity contribution in [3.8, 4) is 0 Å². The van der Waals surface area contributed by atoms with Gasteiger partial charge in [-0.15, -0.1) is 11.3 Å². The van der Waals surface area contributed by atoms with Crippen LogP contribution >= 0.6 is 11.3 Å². The summed E-state index contributed by atoms with van der Waals surface area (Å²) in [6.45, 7) is 5.97. The molecule has 1 aliphatic rings. The molecule has 0 atom stereocenters. The average Bonchev–Trinajstić information content (AvgIpc) is 2.54. The van der Waals surface area contributed by atoms with Crippen LogP contribution in [0.1, 0.15) is 21.0 Å². The van der Waals surface area contributed by atoms with Crippen LogP contribution in [-0.4, -0.2) is 43.5 Å².